The number of hydrogen-bond donors (Lipinski definition) is 0. The van der Waals surface area contributed by atoms with Crippen LogP contribution in [-0.4, -0.2) is 18.1 Å². The zero-order valence-electron chi connectivity index (χ0n) is 20.3. The zero-order valence-corrected chi connectivity index (χ0v) is 20.3. The molecule has 1 saturated carbocycles. The molecule has 174 valence electrons. The van der Waals surface area contributed by atoms with Crippen molar-refractivity contribution in [3.63, 3.8) is 0 Å². The van der Waals surface area contributed by atoms with Crippen molar-refractivity contribution >= 4 is 0 Å². The van der Waals surface area contributed by atoms with Crippen molar-refractivity contribution in [2.45, 2.75) is 112 Å². The topological polar surface area (TPSA) is 18.5 Å². The van der Waals surface area contributed by atoms with Gasteiger partial charge in [-0.25, -0.2) is 0 Å². The van der Waals surface area contributed by atoms with Crippen LogP contribution in [-0.2, 0) is 9.47 Å². The van der Waals surface area contributed by atoms with Crippen LogP contribution in [0.25, 0.3) is 0 Å². The molecule has 5 atom stereocenters. The Kier molecular flexibility index (Phi) is 5.70. The summed E-state index contributed by atoms with van der Waals surface area (Å²) in [5, 5.41) is 0. The molecule has 0 aromatic rings. The number of ether oxygens (including phenoxy) is 2. The van der Waals surface area contributed by atoms with Gasteiger partial charge >= 0.3 is 6.18 Å². The quantitative estimate of drug-likeness (QED) is 0.443. The lowest BCUT2D eigenvalue weighted by Gasteiger charge is -2.58. The van der Waals surface area contributed by atoms with Gasteiger partial charge in [0.25, 0.3) is 0 Å². The maximum absolute atomic E-state index is 14.4. The Hall–Kier alpha value is -0.710. The van der Waals surface area contributed by atoms with Crippen LogP contribution in [0.3, 0.4) is 0 Å². The SMILES string of the molecule is CC1CCC2C(C(C)(C)CC(C)(C)C)=C(C(F)(F)F)OC3OC(C)(C)CCC1C32C. The molecule has 0 aromatic carbocycles. The molecule has 2 nitrogen and oxygen atoms in total. The standard InChI is InChI=1S/C25H41F3O2/c1-15-10-11-17-18(22(5,6)14-21(2,3)4)19(25(26,27)28)29-20-24(17,9)16(15)12-13-23(7,8)30-20/h15-17,20H,10-14H2,1-9H3. The summed E-state index contributed by atoms with van der Waals surface area (Å²) in [6.07, 6.45) is -1.19. The number of allylic oxidation sites excluding steroid dienone is 2. The van der Waals surface area contributed by atoms with Crippen LogP contribution in [0.15, 0.2) is 11.3 Å². The molecule has 0 radical (unpaired) electrons. The molecule has 0 N–H and O–H groups in total. The van der Waals surface area contributed by atoms with Crippen LogP contribution in [0.5, 0.6) is 0 Å². The predicted octanol–water partition coefficient (Wildman–Crippen LogP) is 7.88. The summed E-state index contributed by atoms with van der Waals surface area (Å²) in [5.74, 6) is -0.219. The summed E-state index contributed by atoms with van der Waals surface area (Å²) in [7, 11) is 0. The molecule has 5 heteroatoms. The van der Waals surface area contributed by atoms with Crippen molar-refractivity contribution in [3.8, 4) is 0 Å². The van der Waals surface area contributed by atoms with Gasteiger partial charge in [-0.3, -0.25) is 0 Å². The van der Waals surface area contributed by atoms with E-state index < -0.39 is 34.7 Å². The maximum Gasteiger partial charge on any atom is 0.449 e. The van der Waals surface area contributed by atoms with Gasteiger partial charge in [0.1, 0.15) is 0 Å². The number of alkyl halides is 3. The first kappa shape index (κ1) is 23.9. The van der Waals surface area contributed by atoms with Crippen LogP contribution >= 0.6 is 0 Å². The highest BCUT2D eigenvalue weighted by atomic mass is 19.4. The molecule has 5 unspecified atom stereocenters. The van der Waals surface area contributed by atoms with Gasteiger partial charge in [-0.15, -0.1) is 0 Å². The molecular formula is C25H41F3O2. The van der Waals surface area contributed by atoms with E-state index in [1.165, 1.54) is 0 Å². The van der Waals surface area contributed by atoms with Crippen LogP contribution in [0.4, 0.5) is 13.2 Å². The Morgan fingerprint density at radius 1 is 0.967 bits per heavy atom. The molecule has 3 rings (SSSR count). The summed E-state index contributed by atoms with van der Waals surface area (Å²) < 4.78 is 55.4. The molecule has 0 aromatic heterocycles. The summed E-state index contributed by atoms with van der Waals surface area (Å²) in [4.78, 5) is 0. The van der Waals surface area contributed by atoms with Gasteiger partial charge < -0.3 is 9.47 Å². The Morgan fingerprint density at radius 2 is 1.57 bits per heavy atom. The van der Waals surface area contributed by atoms with Crippen molar-refractivity contribution in [2.24, 2.45) is 34.0 Å². The van der Waals surface area contributed by atoms with E-state index in [4.69, 9.17) is 9.47 Å². The lowest BCUT2D eigenvalue weighted by atomic mass is 9.50. The number of halogens is 3. The van der Waals surface area contributed by atoms with Crippen molar-refractivity contribution in [1.82, 2.24) is 0 Å². The van der Waals surface area contributed by atoms with E-state index in [1.54, 1.807) is 0 Å². The molecule has 1 saturated heterocycles. The van der Waals surface area contributed by atoms with E-state index in [-0.39, 0.29) is 11.3 Å². The second-order valence-electron chi connectivity index (χ2n) is 12.8. The summed E-state index contributed by atoms with van der Waals surface area (Å²) in [6.45, 7) is 18.6. The fraction of sp³-hybridized carbons (Fsp3) is 0.920. The van der Waals surface area contributed by atoms with E-state index in [2.05, 4.69) is 34.6 Å². The van der Waals surface area contributed by atoms with Gasteiger partial charge in [0.2, 0.25) is 12.0 Å². The lowest BCUT2D eigenvalue weighted by Crippen LogP contribution is -2.57. The molecule has 3 aliphatic rings. The van der Waals surface area contributed by atoms with E-state index >= 15 is 0 Å². The maximum atomic E-state index is 14.4. The van der Waals surface area contributed by atoms with Gasteiger partial charge in [0.05, 0.1) is 5.60 Å². The summed E-state index contributed by atoms with van der Waals surface area (Å²) in [6, 6.07) is 0. The molecule has 0 spiro atoms. The summed E-state index contributed by atoms with van der Waals surface area (Å²) in [5.41, 5.74) is -1.18. The van der Waals surface area contributed by atoms with Crippen LogP contribution < -0.4 is 0 Å². The van der Waals surface area contributed by atoms with Crippen molar-refractivity contribution in [1.29, 1.82) is 0 Å². The average molecular weight is 431 g/mol. The van der Waals surface area contributed by atoms with E-state index in [0.29, 0.717) is 23.8 Å². The Bertz CT molecular complexity index is 698. The van der Waals surface area contributed by atoms with E-state index in [1.807, 2.05) is 27.7 Å². The molecule has 1 aliphatic carbocycles. The molecule has 0 bridgehead atoms. The minimum absolute atomic E-state index is 0.0890. The fourth-order valence-electron chi connectivity index (χ4n) is 7.08. The Labute approximate surface area is 181 Å². The summed E-state index contributed by atoms with van der Waals surface area (Å²) >= 11 is 0. The highest BCUT2D eigenvalue weighted by Crippen LogP contribution is 2.64. The Balaban J connectivity index is 2.23. The smallest absolute Gasteiger partial charge is 0.449 e. The van der Waals surface area contributed by atoms with Gasteiger partial charge in [-0.2, -0.15) is 13.2 Å². The van der Waals surface area contributed by atoms with Crippen molar-refractivity contribution < 1.29 is 22.6 Å². The molecule has 2 heterocycles. The third-order valence-electron chi connectivity index (χ3n) is 7.92. The third kappa shape index (κ3) is 4.17. The van der Waals surface area contributed by atoms with Crippen molar-refractivity contribution in [3.05, 3.63) is 11.3 Å². The van der Waals surface area contributed by atoms with Gasteiger partial charge in [0, 0.05) is 5.41 Å². The van der Waals surface area contributed by atoms with Gasteiger partial charge in [-0.1, -0.05) is 48.5 Å². The van der Waals surface area contributed by atoms with Crippen LogP contribution in [0.2, 0.25) is 0 Å². The number of hydrogen-bond acceptors (Lipinski definition) is 2. The zero-order chi connectivity index (χ0) is 22.9. The molecule has 2 aliphatic heterocycles. The fourth-order valence-corrected chi connectivity index (χ4v) is 7.08. The van der Waals surface area contributed by atoms with Crippen molar-refractivity contribution in [2.75, 3.05) is 0 Å². The first-order valence-corrected chi connectivity index (χ1v) is 11.5. The number of rotatable bonds is 2. The lowest BCUT2D eigenvalue weighted by molar-refractivity contribution is -0.287. The largest absolute Gasteiger partial charge is 0.459 e. The van der Waals surface area contributed by atoms with Gasteiger partial charge in [-0.05, 0) is 80.1 Å². The molecular weight excluding hydrogens is 389 g/mol. The highest BCUT2D eigenvalue weighted by molar-refractivity contribution is 5.30. The van der Waals surface area contributed by atoms with E-state index in [0.717, 1.165) is 25.7 Å². The first-order chi connectivity index (χ1) is 13.4. The first-order valence-electron chi connectivity index (χ1n) is 11.5. The van der Waals surface area contributed by atoms with Crippen LogP contribution in [0, 0.1) is 34.0 Å². The average Bonchev–Trinajstić information content (AvgIpc) is 2.60. The van der Waals surface area contributed by atoms with Gasteiger partial charge in [0.15, 0.2) is 0 Å². The minimum Gasteiger partial charge on any atom is -0.459 e. The monoisotopic (exact) mass is 430 g/mol. The highest BCUT2D eigenvalue weighted by Gasteiger charge is 2.64. The third-order valence-corrected chi connectivity index (χ3v) is 7.92. The van der Waals surface area contributed by atoms with Crippen LogP contribution in [0.1, 0.15) is 94.4 Å². The molecule has 30 heavy (non-hydrogen) atoms. The second-order valence-corrected chi connectivity index (χ2v) is 12.8. The normalized spacial score (nSPS) is 37.3. The van der Waals surface area contributed by atoms with E-state index in [9.17, 15) is 13.2 Å². The second kappa shape index (κ2) is 7.15. The Morgan fingerprint density at radius 3 is 2.10 bits per heavy atom. The molecule has 2 fully saturated rings. The minimum atomic E-state index is -4.52. The molecule has 0 amide bonds. The predicted molar refractivity (Wildman–Crippen MR) is 114 cm³/mol.